The molecule has 0 aliphatic rings. The fourth-order valence-electron chi connectivity index (χ4n) is 1.11. The molecule has 0 saturated heterocycles. The minimum Gasteiger partial charge on any atom is -0.226 e. The molecule has 0 aliphatic heterocycles. The van der Waals surface area contributed by atoms with Crippen molar-refractivity contribution >= 4 is 23.4 Å². The lowest BCUT2D eigenvalue weighted by Gasteiger charge is -2.03. The minimum atomic E-state index is 0.291. The lowest BCUT2D eigenvalue weighted by atomic mass is 10.4. The predicted molar refractivity (Wildman–Crippen MR) is 62.3 cm³/mol. The number of aryl methyl sites for hydroxylation is 1. The third kappa shape index (κ3) is 2.70. The molecule has 0 fully saturated rings. The number of hydrogen-bond acceptors (Lipinski definition) is 3. The first-order valence-electron chi connectivity index (χ1n) is 4.48. The fraction of sp³-hybridized carbons (Fsp3) is 0.0909. The van der Waals surface area contributed by atoms with Crippen LogP contribution < -0.4 is 0 Å². The maximum Gasteiger partial charge on any atom is 0.223 e. The van der Waals surface area contributed by atoms with Crippen molar-refractivity contribution in [2.45, 2.75) is 16.8 Å². The lowest BCUT2D eigenvalue weighted by Crippen LogP contribution is -1.89. The smallest absolute Gasteiger partial charge is 0.223 e. The highest BCUT2D eigenvalue weighted by Crippen LogP contribution is 2.28. The van der Waals surface area contributed by atoms with Crippen LogP contribution >= 0.6 is 23.4 Å². The Hall–Kier alpha value is -1.06. The van der Waals surface area contributed by atoms with Crippen molar-refractivity contribution < 1.29 is 0 Å². The van der Waals surface area contributed by atoms with E-state index in [9.17, 15) is 0 Å². The molecule has 0 bridgehead atoms. The van der Waals surface area contributed by atoms with Crippen LogP contribution in [0.25, 0.3) is 0 Å². The zero-order chi connectivity index (χ0) is 10.7. The van der Waals surface area contributed by atoms with Crippen LogP contribution in [-0.2, 0) is 0 Å². The van der Waals surface area contributed by atoms with Crippen LogP contribution in [0.4, 0.5) is 0 Å². The average Bonchev–Trinajstić information content (AvgIpc) is 2.25. The van der Waals surface area contributed by atoms with E-state index in [4.69, 9.17) is 11.6 Å². The molecule has 0 saturated carbocycles. The van der Waals surface area contributed by atoms with Gasteiger partial charge in [0.15, 0.2) is 0 Å². The zero-order valence-electron chi connectivity index (χ0n) is 8.14. The molecule has 0 spiro atoms. The van der Waals surface area contributed by atoms with Crippen LogP contribution in [0, 0.1) is 6.92 Å². The van der Waals surface area contributed by atoms with Crippen molar-refractivity contribution in [3.63, 3.8) is 0 Å². The second kappa shape index (κ2) is 4.64. The molecule has 0 radical (unpaired) electrons. The van der Waals surface area contributed by atoms with E-state index in [2.05, 4.69) is 9.97 Å². The second-order valence-corrected chi connectivity index (χ2v) is 4.44. The molecule has 0 atom stereocenters. The molecule has 2 aromatic rings. The summed E-state index contributed by atoms with van der Waals surface area (Å²) in [7, 11) is 0. The van der Waals surface area contributed by atoms with Crippen LogP contribution in [0.1, 0.15) is 5.56 Å². The molecular formula is C11H9ClN2S. The van der Waals surface area contributed by atoms with Gasteiger partial charge in [-0.15, -0.1) is 0 Å². The molecule has 15 heavy (non-hydrogen) atoms. The van der Waals surface area contributed by atoms with E-state index in [-0.39, 0.29) is 0 Å². The summed E-state index contributed by atoms with van der Waals surface area (Å²) >= 11 is 7.34. The van der Waals surface area contributed by atoms with Gasteiger partial charge in [-0.3, -0.25) is 0 Å². The third-order valence-corrected chi connectivity index (χ3v) is 3.15. The van der Waals surface area contributed by atoms with Crippen LogP contribution in [0.2, 0.25) is 5.28 Å². The standard InChI is InChI=1S/C11H9ClN2S/c1-8-7-13-11(12)14-10(8)15-9-5-3-2-4-6-9/h2-7H,1H3. The molecular weight excluding hydrogens is 228 g/mol. The Morgan fingerprint density at radius 3 is 2.67 bits per heavy atom. The molecule has 4 heteroatoms. The van der Waals surface area contributed by atoms with Gasteiger partial charge in [0.1, 0.15) is 5.03 Å². The number of hydrogen-bond donors (Lipinski definition) is 0. The predicted octanol–water partition coefficient (Wildman–Crippen LogP) is 3.59. The molecule has 2 nitrogen and oxygen atoms in total. The van der Waals surface area contributed by atoms with Crippen LogP contribution in [0.3, 0.4) is 0 Å². The Labute approximate surface area is 97.7 Å². The highest BCUT2D eigenvalue weighted by molar-refractivity contribution is 7.99. The van der Waals surface area contributed by atoms with E-state index >= 15 is 0 Å². The quantitative estimate of drug-likeness (QED) is 0.589. The van der Waals surface area contributed by atoms with Gasteiger partial charge in [-0.05, 0) is 30.7 Å². The summed E-state index contributed by atoms with van der Waals surface area (Å²) < 4.78 is 0. The van der Waals surface area contributed by atoms with Gasteiger partial charge in [-0.1, -0.05) is 30.0 Å². The first kappa shape index (κ1) is 10.5. The normalized spacial score (nSPS) is 10.3. The number of nitrogens with zero attached hydrogens (tertiary/aromatic N) is 2. The average molecular weight is 237 g/mol. The molecule has 0 amide bonds. The van der Waals surface area contributed by atoms with Crippen LogP contribution in [-0.4, -0.2) is 9.97 Å². The summed E-state index contributed by atoms with van der Waals surface area (Å²) in [6.07, 6.45) is 1.74. The van der Waals surface area contributed by atoms with Gasteiger partial charge in [0.2, 0.25) is 5.28 Å². The minimum absolute atomic E-state index is 0.291. The fourth-order valence-corrected chi connectivity index (χ4v) is 2.16. The number of benzene rings is 1. The summed E-state index contributed by atoms with van der Waals surface area (Å²) in [4.78, 5) is 9.26. The van der Waals surface area contributed by atoms with Crippen molar-refractivity contribution in [2.75, 3.05) is 0 Å². The molecule has 2 rings (SSSR count). The topological polar surface area (TPSA) is 25.8 Å². The van der Waals surface area contributed by atoms with E-state index in [0.717, 1.165) is 15.5 Å². The number of aromatic nitrogens is 2. The highest BCUT2D eigenvalue weighted by Gasteiger charge is 2.04. The summed E-state index contributed by atoms with van der Waals surface area (Å²) in [5.74, 6) is 0. The number of rotatable bonds is 2. The molecule has 1 aromatic carbocycles. The maximum absolute atomic E-state index is 5.75. The van der Waals surface area contributed by atoms with Crippen LogP contribution in [0.5, 0.6) is 0 Å². The summed E-state index contributed by atoms with van der Waals surface area (Å²) in [5.41, 5.74) is 1.04. The van der Waals surface area contributed by atoms with Gasteiger partial charge in [0.25, 0.3) is 0 Å². The van der Waals surface area contributed by atoms with E-state index in [1.807, 2.05) is 37.3 Å². The van der Waals surface area contributed by atoms with Crippen molar-refractivity contribution in [3.05, 3.63) is 47.4 Å². The Bertz CT molecular complexity index is 459. The Morgan fingerprint density at radius 2 is 1.93 bits per heavy atom. The first-order valence-corrected chi connectivity index (χ1v) is 5.67. The monoisotopic (exact) mass is 236 g/mol. The van der Waals surface area contributed by atoms with Gasteiger partial charge < -0.3 is 0 Å². The lowest BCUT2D eigenvalue weighted by molar-refractivity contribution is 1.00. The van der Waals surface area contributed by atoms with Crippen molar-refractivity contribution in [2.24, 2.45) is 0 Å². The highest BCUT2D eigenvalue weighted by atomic mass is 35.5. The van der Waals surface area contributed by atoms with E-state index in [0.29, 0.717) is 5.28 Å². The molecule has 76 valence electrons. The van der Waals surface area contributed by atoms with Gasteiger partial charge in [-0.2, -0.15) is 0 Å². The largest absolute Gasteiger partial charge is 0.226 e. The van der Waals surface area contributed by atoms with Crippen molar-refractivity contribution in [3.8, 4) is 0 Å². The van der Waals surface area contributed by atoms with Crippen molar-refractivity contribution in [1.82, 2.24) is 9.97 Å². The van der Waals surface area contributed by atoms with Gasteiger partial charge in [0, 0.05) is 16.7 Å². The maximum atomic E-state index is 5.75. The molecule has 0 unspecified atom stereocenters. The number of halogens is 1. The SMILES string of the molecule is Cc1cnc(Cl)nc1Sc1ccccc1. The van der Waals surface area contributed by atoms with Gasteiger partial charge in [0.05, 0.1) is 0 Å². The van der Waals surface area contributed by atoms with E-state index < -0.39 is 0 Å². The third-order valence-electron chi connectivity index (χ3n) is 1.85. The summed E-state index contributed by atoms with van der Waals surface area (Å²) in [5, 5.41) is 1.19. The molecule has 0 aliphatic carbocycles. The molecule has 0 N–H and O–H groups in total. The second-order valence-electron chi connectivity index (χ2n) is 3.04. The zero-order valence-corrected chi connectivity index (χ0v) is 9.72. The van der Waals surface area contributed by atoms with Crippen LogP contribution in [0.15, 0.2) is 46.5 Å². The molecule has 1 heterocycles. The Balaban J connectivity index is 2.28. The van der Waals surface area contributed by atoms with E-state index in [1.165, 1.54) is 0 Å². The Kier molecular flexibility index (Phi) is 3.23. The summed E-state index contributed by atoms with van der Waals surface area (Å²) in [6.45, 7) is 1.97. The first-order chi connectivity index (χ1) is 7.25. The summed E-state index contributed by atoms with van der Waals surface area (Å²) in [6, 6.07) is 10.1. The van der Waals surface area contributed by atoms with Crippen molar-refractivity contribution in [1.29, 1.82) is 0 Å². The Morgan fingerprint density at radius 1 is 1.20 bits per heavy atom. The molecule has 1 aromatic heterocycles. The van der Waals surface area contributed by atoms with Gasteiger partial charge >= 0.3 is 0 Å². The van der Waals surface area contributed by atoms with Gasteiger partial charge in [-0.25, -0.2) is 9.97 Å². The van der Waals surface area contributed by atoms with E-state index in [1.54, 1.807) is 18.0 Å².